The maximum absolute atomic E-state index is 11.8. The molecule has 2 aliphatic rings. The van der Waals surface area contributed by atoms with Crippen molar-refractivity contribution < 1.29 is 17.8 Å². The largest absolute Gasteiger partial charge is 0.343 e. The summed E-state index contributed by atoms with van der Waals surface area (Å²) in [4.78, 5) is 11.2. The number of amides is 1. The standard InChI is InChI=1S/C11H18N2O4S/c1-13-8-7-10(14)12-11(13,18(15,16)17)9-5-3-2-4-6-9/h7-9H,2-6H2,1H3,(H,12,14)(H,15,16,17). The molecule has 0 aromatic carbocycles. The van der Waals surface area contributed by atoms with E-state index >= 15 is 0 Å². The van der Waals surface area contributed by atoms with Gasteiger partial charge in [-0.1, -0.05) is 19.3 Å². The Morgan fingerprint density at radius 3 is 2.56 bits per heavy atom. The predicted octanol–water partition coefficient (Wildman–Crippen LogP) is 0.684. The Kier molecular flexibility index (Phi) is 3.37. The molecule has 1 saturated carbocycles. The summed E-state index contributed by atoms with van der Waals surface area (Å²) in [7, 11) is -2.87. The Bertz CT molecular complexity index is 467. The number of nitrogens with zero attached hydrogens (tertiary/aromatic N) is 1. The van der Waals surface area contributed by atoms with E-state index in [-0.39, 0.29) is 5.92 Å². The summed E-state index contributed by atoms with van der Waals surface area (Å²) in [5.74, 6) is -0.781. The molecule has 0 radical (unpaired) electrons. The molecule has 1 heterocycles. The van der Waals surface area contributed by atoms with Gasteiger partial charge >= 0.3 is 10.1 Å². The van der Waals surface area contributed by atoms with Gasteiger partial charge in [-0.15, -0.1) is 0 Å². The molecule has 1 fully saturated rings. The molecule has 1 unspecified atom stereocenters. The van der Waals surface area contributed by atoms with Crippen LogP contribution in [0.5, 0.6) is 0 Å². The van der Waals surface area contributed by atoms with Gasteiger partial charge in [0.05, 0.1) is 0 Å². The normalized spacial score (nSPS) is 30.3. The second-order valence-corrected chi connectivity index (χ2v) is 6.49. The zero-order valence-corrected chi connectivity index (χ0v) is 11.1. The Morgan fingerprint density at radius 2 is 2.00 bits per heavy atom. The smallest absolute Gasteiger partial charge is 0.309 e. The van der Waals surface area contributed by atoms with Gasteiger partial charge in [-0.25, -0.2) is 0 Å². The molecule has 2 rings (SSSR count). The quantitative estimate of drug-likeness (QED) is 0.723. The van der Waals surface area contributed by atoms with Gasteiger partial charge in [0.25, 0.3) is 0 Å². The molecule has 2 N–H and O–H groups in total. The molecule has 18 heavy (non-hydrogen) atoms. The van der Waals surface area contributed by atoms with Crippen LogP contribution in [0.3, 0.4) is 0 Å². The van der Waals surface area contributed by atoms with Crippen molar-refractivity contribution in [3.63, 3.8) is 0 Å². The summed E-state index contributed by atoms with van der Waals surface area (Å²) in [6, 6.07) is 0. The lowest BCUT2D eigenvalue weighted by molar-refractivity contribution is -0.121. The van der Waals surface area contributed by atoms with Crippen molar-refractivity contribution in [3.8, 4) is 0 Å². The Hall–Kier alpha value is -1.08. The molecule has 1 amide bonds. The van der Waals surface area contributed by atoms with Crippen LogP contribution in [-0.4, -0.2) is 35.8 Å². The minimum atomic E-state index is -4.43. The zero-order chi connectivity index (χ0) is 13.4. The highest BCUT2D eigenvalue weighted by Crippen LogP contribution is 2.38. The number of carbonyl (C=O) groups excluding carboxylic acids is 1. The highest BCUT2D eigenvalue weighted by molar-refractivity contribution is 7.87. The summed E-state index contributed by atoms with van der Waals surface area (Å²) in [6.45, 7) is 0. The van der Waals surface area contributed by atoms with Gasteiger partial charge < -0.3 is 10.2 Å². The average molecular weight is 274 g/mol. The number of rotatable bonds is 2. The van der Waals surface area contributed by atoms with Crippen molar-refractivity contribution in [3.05, 3.63) is 12.3 Å². The molecule has 0 spiro atoms. The second-order valence-electron chi connectivity index (χ2n) is 4.92. The minimum Gasteiger partial charge on any atom is -0.343 e. The first-order valence-electron chi connectivity index (χ1n) is 6.08. The van der Waals surface area contributed by atoms with Gasteiger partial charge in [-0.2, -0.15) is 8.42 Å². The lowest BCUT2D eigenvalue weighted by atomic mass is 9.85. The van der Waals surface area contributed by atoms with Crippen LogP contribution in [-0.2, 0) is 14.9 Å². The first-order chi connectivity index (χ1) is 8.38. The fourth-order valence-corrected chi connectivity index (χ4v) is 4.25. The lowest BCUT2D eigenvalue weighted by Crippen LogP contribution is -2.68. The van der Waals surface area contributed by atoms with Gasteiger partial charge in [-0.05, 0) is 12.8 Å². The molecule has 1 aliphatic carbocycles. The lowest BCUT2D eigenvalue weighted by Gasteiger charge is -2.46. The molecule has 0 bridgehead atoms. The first-order valence-corrected chi connectivity index (χ1v) is 7.52. The van der Waals surface area contributed by atoms with E-state index in [1.807, 2.05) is 0 Å². The fraction of sp³-hybridized carbons (Fsp3) is 0.727. The van der Waals surface area contributed by atoms with Crippen molar-refractivity contribution in [2.75, 3.05) is 7.05 Å². The third-order valence-corrected chi connectivity index (χ3v) is 5.34. The Labute approximate surface area is 107 Å². The highest BCUT2D eigenvalue weighted by atomic mass is 32.2. The third-order valence-electron chi connectivity index (χ3n) is 3.83. The highest BCUT2D eigenvalue weighted by Gasteiger charge is 2.54. The van der Waals surface area contributed by atoms with E-state index in [0.29, 0.717) is 12.8 Å². The third kappa shape index (κ3) is 2.01. The summed E-state index contributed by atoms with van der Waals surface area (Å²) < 4.78 is 33.3. The number of hydrogen-bond acceptors (Lipinski definition) is 4. The van der Waals surface area contributed by atoms with Crippen LogP contribution in [0.2, 0.25) is 0 Å². The molecule has 102 valence electrons. The van der Waals surface area contributed by atoms with E-state index in [0.717, 1.165) is 19.3 Å². The monoisotopic (exact) mass is 274 g/mol. The maximum atomic E-state index is 11.8. The molecule has 0 aromatic heterocycles. The van der Waals surface area contributed by atoms with Crippen LogP contribution in [0.1, 0.15) is 32.1 Å². The van der Waals surface area contributed by atoms with Gasteiger partial charge in [-0.3, -0.25) is 9.35 Å². The topological polar surface area (TPSA) is 86.7 Å². The van der Waals surface area contributed by atoms with Crippen molar-refractivity contribution in [2.45, 2.75) is 37.1 Å². The SMILES string of the molecule is CN1C=CC(=O)NC1(C1CCCCC1)S(=O)(=O)O. The molecule has 1 aliphatic heterocycles. The molecule has 1 atom stereocenters. The van der Waals surface area contributed by atoms with E-state index in [1.54, 1.807) is 7.05 Å². The van der Waals surface area contributed by atoms with Crippen LogP contribution in [0, 0.1) is 5.92 Å². The van der Waals surface area contributed by atoms with E-state index < -0.39 is 21.0 Å². The van der Waals surface area contributed by atoms with Gasteiger partial charge in [0, 0.05) is 25.2 Å². The summed E-state index contributed by atoms with van der Waals surface area (Å²) in [5, 5.41) is 2.45. The van der Waals surface area contributed by atoms with Crippen molar-refractivity contribution in [2.24, 2.45) is 5.92 Å². The van der Waals surface area contributed by atoms with Crippen LogP contribution in [0.4, 0.5) is 0 Å². The van der Waals surface area contributed by atoms with Crippen LogP contribution in [0.25, 0.3) is 0 Å². The second kappa shape index (κ2) is 4.55. The predicted molar refractivity (Wildman–Crippen MR) is 65.9 cm³/mol. The van der Waals surface area contributed by atoms with E-state index in [9.17, 15) is 17.8 Å². The van der Waals surface area contributed by atoms with Crippen molar-refractivity contribution in [1.29, 1.82) is 0 Å². The number of carbonyl (C=O) groups is 1. The van der Waals surface area contributed by atoms with Gasteiger partial charge in [0.2, 0.25) is 10.9 Å². The molecular formula is C11H18N2O4S. The van der Waals surface area contributed by atoms with Crippen molar-refractivity contribution in [1.82, 2.24) is 10.2 Å². The van der Waals surface area contributed by atoms with E-state index in [4.69, 9.17) is 0 Å². The van der Waals surface area contributed by atoms with E-state index in [1.165, 1.54) is 17.2 Å². The molecule has 0 aromatic rings. The summed E-state index contributed by atoms with van der Waals surface area (Å²) >= 11 is 0. The molecule has 6 nitrogen and oxygen atoms in total. The van der Waals surface area contributed by atoms with Crippen LogP contribution < -0.4 is 5.32 Å². The molecular weight excluding hydrogens is 256 g/mol. The maximum Gasteiger partial charge on any atom is 0.309 e. The first kappa shape index (κ1) is 13.4. The Balaban J connectivity index is 2.46. The Morgan fingerprint density at radius 1 is 1.39 bits per heavy atom. The molecule has 7 heteroatoms. The van der Waals surface area contributed by atoms with Crippen LogP contribution >= 0.6 is 0 Å². The average Bonchev–Trinajstić information content (AvgIpc) is 2.32. The minimum absolute atomic E-state index is 0.292. The van der Waals surface area contributed by atoms with Crippen molar-refractivity contribution >= 4 is 16.0 Å². The summed E-state index contributed by atoms with van der Waals surface area (Å²) in [5.41, 5.74) is 0. The van der Waals surface area contributed by atoms with Gasteiger partial charge in [0.15, 0.2) is 0 Å². The summed E-state index contributed by atoms with van der Waals surface area (Å²) in [6.07, 6.45) is 6.90. The zero-order valence-electron chi connectivity index (χ0n) is 10.3. The van der Waals surface area contributed by atoms with E-state index in [2.05, 4.69) is 5.32 Å². The number of hydrogen-bond donors (Lipinski definition) is 2. The fourth-order valence-electron chi connectivity index (χ4n) is 2.94. The van der Waals surface area contributed by atoms with Gasteiger partial charge in [0.1, 0.15) is 0 Å². The molecule has 0 saturated heterocycles. The van der Waals surface area contributed by atoms with Crippen LogP contribution in [0.15, 0.2) is 12.3 Å². The number of nitrogens with one attached hydrogen (secondary N) is 1.